The number of ether oxygens (including phenoxy) is 1. The van der Waals surface area contributed by atoms with Gasteiger partial charge in [-0.25, -0.2) is 0 Å². The van der Waals surface area contributed by atoms with Gasteiger partial charge in [-0.3, -0.25) is 4.79 Å². The molecule has 1 aromatic rings. The number of hydrogen-bond donors (Lipinski definition) is 1. The Morgan fingerprint density at radius 3 is 2.45 bits per heavy atom. The van der Waals surface area contributed by atoms with Crippen molar-refractivity contribution in [3.05, 3.63) is 29.8 Å². The van der Waals surface area contributed by atoms with E-state index in [1.165, 1.54) is 31.4 Å². The number of aliphatic hydroxyl groups is 1. The van der Waals surface area contributed by atoms with Crippen LogP contribution in [0.5, 0.6) is 5.75 Å². The van der Waals surface area contributed by atoms with E-state index in [4.69, 9.17) is 4.74 Å². The molecular weight excluding hydrogens is 385 g/mol. The van der Waals surface area contributed by atoms with Gasteiger partial charge in [0.1, 0.15) is 5.75 Å². The van der Waals surface area contributed by atoms with Gasteiger partial charge in [0.25, 0.3) is 11.6 Å². The van der Waals surface area contributed by atoms with Crippen molar-refractivity contribution in [3.8, 4) is 5.75 Å². The van der Waals surface area contributed by atoms with Crippen LogP contribution in [0.15, 0.2) is 29.4 Å². The van der Waals surface area contributed by atoms with Crippen LogP contribution in [0.2, 0.25) is 0 Å². The van der Waals surface area contributed by atoms with Crippen molar-refractivity contribution in [2.75, 3.05) is 7.11 Å². The van der Waals surface area contributed by atoms with Crippen molar-refractivity contribution in [1.29, 1.82) is 0 Å². The number of nitrogens with zero attached hydrogens (tertiary/aromatic N) is 2. The summed E-state index contributed by atoms with van der Waals surface area (Å²) in [4.78, 5) is 12.9. The van der Waals surface area contributed by atoms with Gasteiger partial charge in [0.05, 0.1) is 13.0 Å². The molecule has 1 amide bonds. The Kier molecular flexibility index (Phi) is 5.45. The fourth-order valence-corrected chi connectivity index (χ4v) is 4.28. The van der Waals surface area contributed by atoms with Crippen LogP contribution in [0.3, 0.4) is 0 Å². The third kappa shape index (κ3) is 3.52. The van der Waals surface area contributed by atoms with Gasteiger partial charge in [0.2, 0.25) is 0 Å². The van der Waals surface area contributed by atoms with Gasteiger partial charge in [0.15, 0.2) is 0 Å². The summed E-state index contributed by atoms with van der Waals surface area (Å²) in [6, 6.07) is 5.69. The van der Waals surface area contributed by atoms with E-state index in [0.717, 1.165) is 6.42 Å². The lowest BCUT2D eigenvalue weighted by Crippen LogP contribution is -2.62. The normalized spacial score (nSPS) is 27.4. The van der Waals surface area contributed by atoms with Gasteiger partial charge < -0.3 is 9.84 Å². The van der Waals surface area contributed by atoms with E-state index < -0.39 is 23.7 Å². The molecule has 29 heavy (non-hydrogen) atoms. The van der Waals surface area contributed by atoms with Gasteiger partial charge in [0, 0.05) is 11.3 Å². The molecule has 2 aliphatic rings. The molecule has 160 valence electrons. The Morgan fingerprint density at radius 2 is 1.93 bits per heavy atom. The third-order valence-corrected chi connectivity index (χ3v) is 6.67. The van der Waals surface area contributed by atoms with Crippen molar-refractivity contribution in [1.82, 2.24) is 5.01 Å². The van der Waals surface area contributed by atoms with Gasteiger partial charge in [-0.05, 0) is 54.9 Å². The van der Waals surface area contributed by atoms with E-state index in [-0.39, 0.29) is 34.0 Å². The maximum atomic E-state index is 14.1. The van der Waals surface area contributed by atoms with Gasteiger partial charge in [-0.2, -0.15) is 23.3 Å². The second-order valence-electron chi connectivity index (χ2n) is 8.53. The summed E-state index contributed by atoms with van der Waals surface area (Å²) in [6.45, 7) is 6.07. The van der Waals surface area contributed by atoms with Gasteiger partial charge in [-0.1, -0.05) is 27.2 Å². The zero-order valence-electron chi connectivity index (χ0n) is 17.1. The molecule has 3 rings (SSSR count). The highest BCUT2D eigenvalue weighted by Crippen LogP contribution is 2.52. The first-order valence-corrected chi connectivity index (χ1v) is 9.80. The largest absolute Gasteiger partial charge is 0.497 e. The minimum atomic E-state index is -5.04. The molecule has 0 unspecified atom stereocenters. The summed E-state index contributed by atoms with van der Waals surface area (Å²) in [6.07, 6.45) is -3.06. The van der Waals surface area contributed by atoms with E-state index in [1.54, 1.807) is 0 Å². The number of fused-ring (bicyclic) bond motifs is 1. The SMILES string of the molecule is CCC(C)(C)[C@@H]1CCC2=NN(C(=O)c3ccc(OC)cc3)[C@@](O)(C(F)(F)F)[C@H]2C1. The molecule has 1 saturated carbocycles. The summed E-state index contributed by atoms with van der Waals surface area (Å²) in [5.74, 6) is -1.77. The molecule has 1 heterocycles. The highest BCUT2D eigenvalue weighted by Gasteiger charge is 2.69. The predicted octanol–water partition coefficient (Wildman–Crippen LogP) is 4.61. The topological polar surface area (TPSA) is 62.1 Å². The number of carbonyl (C=O) groups is 1. The maximum absolute atomic E-state index is 14.1. The molecule has 5 nitrogen and oxygen atoms in total. The van der Waals surface area contributed by atoms with Crippen LogP contribution in [0.4, 0.5) is 13.2 Å². The van der Waals surface area contributed by atoms with E-state index in [0.29, 0.717) is 18.6 Å². The Hall–Kier alpha value is -2.09. The fourth-order valence-electron chi connectivity index (χ4n) is 4.28. The second kappa shape index (κ2) is 7.31. The number of alkyl halides is 3. The summed E-state index contributed by atoms with van der Waals surface area (Å²) in [7, 11) is 1.45. The number of hydrogen-bond acceptors (Lipinski definition) is 4. The van der Waals surface area contributed by atoms with Crippen LogP contribution in [-0.2, 0) is 0 Å². The molecule has 0 spiro atoms. The lowest BCUT2D eigenvalue weighted by Gasteiger charge is -2.43. The number of amides is 1. The molecule has 0 saturated heterocycles. The monoisotopic (exact) mass is 412 g/mol. The minimum Gasteiger partial charge on any atom is -0.497 e. The molecule has 3 atom stereocenters. The first-order chi connectivity index (χ1) is 13.5. The number of halogens is 3. The molecule has 8 heteroatoms. The highest BCUT2D eigenvalue weighted by atomic mass is 19.4. The van der Waals surface area contributed by atoms with E-state index in [2.05, 4.69) is 5.10 Å². The summed E-state index contributed by atoms with van der Waals surface area (Å²) in [5.41, 5.74) is -3.26. The van der Waals surface area contributed by atoms with Crippen LogP contribution in [0.1, 0.15) is 56.8 Å². The van der Waals surface area contributed by atoms with Crippen molar-refractivity contribution in [2.45, 2.75) is 58.4 Å². The van der Waals surface area contributed by atoms with Crippen LogP contribution in [0, 0.1) is 17.3 Å². The van der Waals surface area contributed by atoms with Gasteiger partial charge in [-0.15, -0.1) is 0 Å². The van der Waals surface area contributed by atoms with Crippen molar-refractivity contribution >= 4 is 11.6 Å². The quantitative estimate of drug-likeness (QED) is 0.786. The molecule has 1 aliphatic heterocycles. The zero-order chi connectivity index (χ0) is 21.6. The van der Waals surface area contributed by atoms with Crippen molar-refractivity contribution < 1.29 is 27.8 Å². The number of methoxy groups -OCH3 is 1. The Morgan fingerprint density at radius 1 is 1.31 bits per heavy atom. The number of carbonyl (C=O) groups excluding carboxylic acids is 1. The van der Waals surface area contributed by atoms with E-state index >= 15 is 0 Å². The fraction of sp³-hybridized carbons (Fsp3) is 0.619. The molecule has 0 aromatic heterocycles. The first kappa shape index (κ1) is 21.6. The average Bonchev–Trinajstić information content (AvgIpc) is 3.01. The molecule has 0 radical (unpaired) electrons. The lowest BCUT2D eigenvalue weighted by molar-refractivity contribution is -0.314. The summed E-state index contributed by atoms with van der Waals surface area (Å²) < 4.78 is 47.4. The predicted molar refractivity (Wildman–Crippen MR) is 103 cm³/mol. The van der Waals surface area contributed by atoms with Crippen LogP contribution in [-0.4, -0.2) is 40.7 Å². The molecule has 1 aromatic carbocycles. The smallest absolute Gasteiger partial charge is 0.439 e. The summed E-state index contributed by atoms with van der Waals surface area (Å²) in [5, 5.41) is 15.1. The van der Waals surface area contributed by atoms with E-state index in [9.17, 15) is 23.1 Å². The maximum Gasteiger partial charge on any atom is 0.439 e. The average molecular weight is 412 g/mol. The Balaban J connectivity index is 1.98. The molecule has 1 aliphatic carbocycles. The van der Waals surface area contributed by atoms with Crippen LogP contribution < -0.4 is 4.74 Å². The third-order valence-electron chi connectivity index (χ3n) is 6.67. The van der Waals surface area contributed by atoms with E-state index in [1.807, 2.05) is 20.8 Å². The molecule has 1 N–H and O–H groups in total. The van der Waals surface area contributed by atoms with Gasteiger partial charge >= 0.3 is 6.18 Å². The first-order valence-electron chi connectivity index (χ1n) is 9.80. The Labute approximate surface area is 168 Å². The Bertz CT molecular complexity index is 804. The molecule has 1 fully saturated rings. The van der Waals surface area contributed by atoms with Crippen molar-refractivity contribution in [2.24, 2.45) is 22.4 Å². The minimum absolute atomic E-state index is 0.00126. The number of rotatable bonds is 4. The molecule has 0 bridgehead atoms. The standard InChI is InChI=1S/C21H27F3N2O3/c1-5-19(2,3)14-8-11-17-16(12-14)20(28,21(22,23)24)26(25-17)18(27)13-6-9-15(29-4)10-7-13/h6-7,9-10,14,16,28H,5,8,11-12H2,1-4H3/t14-,16+,20+/m1/s1. The van der Waals surface area contributed by atoms with Crippen LogP contribution in [0.25, 0.3) is 0 Å². The molecular formula is C21H27F3N2O3. The zero-order valence-corrected chi connectivity index (χ0v) is 17.1. The second-order valence-corrected chi connectivity index (χ2v) is 8.53. The van der Waals surface area contributed by atoms with Crippen molar-refractivity contribution in [3.63, 3.8) is 0 Å². The highest BCUT2D eigenvalue weighted by molar-refractivity contribution is 5.99. The lowest BCUT2D eigenvalue weighted by atomic mass is 9.64. The van der Waals surface area contributed by atoms with Crippen LogP contribution >= 0.6 is 0 Å². The number of benzene rings is 1. The summed E-state index contributed by atoms with van der Waals surface area (Å²) >= 11 is 0. The number of hydrazone groups is 1.